The summed E-state index contributed by atoms with van der Waals surface area (Å²) in [5.41, 5.74) is 2.73. The Balaban J connectivity index is 2.09. The summed E-state index contributed by atoms with van der Waals surface area (Å²) in [6.07, 6.45) is 4.63. The van der Waals surface area contributed by atoms with Crippen LogP contribution >= 0.6 is 0 Å². The van der Waals surface area contributed by atoms with E-state index in [2.05, 4.69) is 22.3 Å². The van der Waals surface area contributed by atoms with Gasteiger partial charge >= 0.3 is 5.97 Å². The van der Waals surface area contributed by atoms with Gasteiger partial charge in [-0.25, -0.2) is 9.50 Å². The number of ether oxygens (including phenoxy) is 1. The molecule has 21 heavy (non-hydrogen) atoms. The summed E-state index contributed by atoms with van der Waals surface area (Å²) in [5.74, 6) is -0.0191. The molecular formula is C15H22N4O2. The molecule has 6 nitrogen and oxygen atoms in total. The second-order valence-corrected chi connectivity index (χ2v) is 5.32. The van der Waals surface area contributed by atoms with Crippen LogP contribution in [0, 0.1) is 12.8 Å². The van der Waals surface area contributed by atoms with E-state index in [0.717, 1.165) is 23.3 Å². The Morgan fingerprint density at radius 2 is 2.29 bits per heavy atom. The summed E-state index contributed by atoms with van der Waals surface area (Å²) in [6, 6.07) is 1.61. The first-order valence-corrected chi connectivity index (χ1v) is 7.17. The standard InChI is InChI=1S/C15H22N4O2/c1-5-10(2)14(15(20)21-4)17-8-12-7-16-13-6-11(3)18-19(13)9-12/h6-7,9-10,14,17H,5,8H2,1-4H3. The molecular weight excluding hydrogens is 268 g/mol. The van der Waals surface area contributed by atoms with Gasteiger partial charge in [0.05, 0.1) is 12.8 Å². The van der Waals surface area contributed by atoms with Crippen molar-refractivity contribution in [1.29, 1.82) is 0 Å². The molecule has 0 aliphatic heterocycles. The van der Waals surface area contributed by atoms with Gasteiger partial charge in [-0.15, -0.1) is 0 Å². The Bertz CT molecular complexity index is 623. The largest absolute Gasteiger partial charge is 0.468 e. The highest BCUT2D eigenvalue weighted by Crippen LogP contribution is 2.11. The van der Waals surface area contributed by atoms with Crippen LogP contribution in [0.2, 0.25) is 0 Å². The van der Waals surface area contributed by atoms with Crippen molar-refractivity contribution in [2.24, 2.45) is 5.92 Å². The summed E-state index contributed by atoms with van der Waals surface area (Å²) in [6.45, 7) is 6.57. The zero-order valence-electron chi connectivity index (χ0n) is 13.0. The van der Waals surface area contributed by atoms with Crippen molar-refractivity contribution < 1.29 is 9.53 Å². The predicted molar refractivity (Wildman–Crippen MR) is 79.8 cm³/mol. The molecule has 2 rings (SSSR count). The first-order valence-electron chi connectivity index (χ1n) is 7.17. The maximum atomic E-state index is 11.8. The molecule has 0 aromatic carbocycles. The molecule has 0 aliphatic rings. The van der Waals surface area contributed by atoms with Gasteiger partial charge in [-0.2, -0.15) is 5.10 Å². The molecule has 2 aromatic rings. The van der Waals surface area contributed by atoms with Crippen molar-refractivity contribution in [3.05, 3.63) is 29.7 Å². The SMILES string of the molecule is CCC(C)C(NCc1cnc2cc(C)nn2c1)C(=O)OC. The lowest BCUT2D eigenvalue weighted by Crippen LogP contribution is -2.42. The summed E-state index contributed by atoms with van der Waals surface area (Å²) in [5, 5.41) is 7.59. The monoisotopic (exact) mass is 290 g/mol. The predicted octanol–water partition coefficient (Wildman–Crippen LogP) is 1.72. The first kappa shape index (κ1) is 15.4. The van der Waals surface area contributed by atoms with Gasteiger partial charge in [0.1, 0.15) is 6.04 Å². The zero-order chi connectivity index (χ0) is 15.4. The van der Waals surface area contributed by atoms with Gasteiger partial charge in [0.25, 0.3) is 0 Å². The minimum Gasteiger partial charge on any atom is -0.468 e. The molecule has 2 aromatic heterocycles. The molecule has 0 spiro atoms. The fourth-order valence-corrected chi connectivity index (χ4v) is 2.23. The third-order valence-electron chi connectivity index (χ3n) is 3.68. The number of hydrogen-bond donors (Lipinski definition) is 1. The Morgan fingerprint density at radius 3 is 2.95 bits per heavy atom. The molecule has 114 valence electrons. The maximum Gasteiger partial charge on any atom is 0.323 e. The molecule has 0 aliphatic carbocycles. The van der Waals surface area contributed by atoms with Crippen molar-refractivity contribution in [2.45, 2.75) is 39.8 Å². The van der Waals surface area contributed by atoms with Crippen molar-refractivity contribution >= 4 is 11.6 Å². The Morgan fingerprint density at radius 1 is 1.52 bits per heavy atom. The highest BCUT2D eigenvalue weighted by atomic mass is 16.5. The molecule has 2 heterocycles. The van der Waals surface area contributed by atoms with Crippen LogP contribution in [0.4, 0.5) is 0 Å². The third kappa shape index (κ3) is 3.58. The molecule has 0 amide bonds. The van der Waals surface area contributed by atoms with Crippen LogP contribution in [-0.4, -0.2) is 33.7 Å². The van der Waals surface area contributed by atoms with E-state index in [-0.39, 0.29) is 17.9 Å². The molecule has 2 atom stereocenters. The molecule has 6 heteroatoms. The highest BCUT2D eigenvalue weighted by molar-refractivity contribution is 5.75. The van der Waals surface area contributed by atoms with Crippen LogP contribution in [0.3, 0.4) is 0 Å². The van der Waals surface area contributed by atoms with Gasteiger partial charge in [-0.05, 0) is 12.8 Å². The van der Waals surface area contributed by atoms with E-state index in [9.17, 15) is 4.79 Å². The normalized spacial score (nSPS) is 14.1. The number of hydrogen-bond acceptors (Lipinski definition) is 5. The van der Waals surface area contributed by atoms with E-state index in [1.807, 2.05) is 26.1 Å². The van der Waals surface area contributed by atoms with E-state index in [1.165, 1.54) is 7.11 Å². The van der Waals surface area contributed by atoms with E-state index in [0.29, 0.717) is 6.54 Å². The fraction of sp³-hybridized carbons (Fsp3) is 0.533. The highest BCUT2D eigenvalue weighted by Gasteiger charge is 2.24. The number of esters is 1. The van der Waals surface area contributed by atoms with Crippen LogP contribution in [0.25, 0.3) is 5.65 Å². The van der Waals surface area contributed by atoms with Gasteiger partial charge in [-0.3, -0.25) is 10.1 Å². The molecule has 0 fully saturated rings. The van der Waals surface area contributed by atoms with Gasteiger partial charge < -0.3 is 4.74 Å². The second-order valence-electron chi connectivity index (χ2n) is 5.32. The van der Waals surface area contributed by atoms with Crippen LogP contribution in [-0.2, 0) is 16.1 Å². The molecule has 0 bridgehead atoms. The number of carbonyl (C=O) groups excluding carboxylic acids is 1. The number of nitrogens with zero attached hydrogens (tertiary/aromatic N) is 3. The lowest BCUT2D eigenvalue weighted by molar-refractivity contribution is -0.144. The third-order valence-corrected chi connectivity index (χ3v) is 3.68. The fourth-order valence-electron chi connectivity index (χ4n) is 2.23. The van der Waals surface area contributed by atoms with Crippen LogP contribution in [0.1, 0.15) is 31.5 Å². The molecule has 0 saturated heterocycles. The van der Waals surface area contributed by atoms with Crippen LogP contribution in [0.15, 0.2) is 18.5 Å². The summed E-state index contributed by atoms with van der Waals surface area (Å²) in [7, 11) is 1.42. The Labute approximate surface area is 124 Å². The Kier molecular flexibility index (Phi) is 4.90. The van der Waals surface area contributed by atoms with E-state index >= 15 is 0 Å². The topological polar surface area (TPSA) is 68.5 Å². The Hall–Kier alpha value is -1.95. The van der Waals surface area contributed by atoms with Gasteiger partial charge in [0.15, 0.2) is 5.65 Å². The minimum absolute atomic E-state index is 0.209. The summed E-state index contributed by atoms with van der Waals surface area (Å²) < 4.78 is 6.62. The number of nitrogens with one attached hydrogen (secondary N) is 1. The average molecular weight is 290 g/mol. The van der Waals surface area contributed by atoms with E-state index in [1.54, 1.807) is 10.7 Å². The van der Waals surface area contributed by atoms with Crippen LogP contribution in [0.5, 0.6) is 0 Å². The van der Waals surface area contributed by atoms with Crippen molar-refractivity contribution in [3.8, 4) is 0 Å². The second kappa shape index (κ2) is 6.67. The van der Waals surface area contributed by atoms with E-state index < -0.39 is 0 Å². The summed E-state index contributed by atoms with van der Waals surface area (Å²) >= 11 is 0. The quantitative estimate of drug-likeness (QED) is 0.820. The lowest BCUT2D eigenvalue weighted by atomic mass is 9.99. The lowest BCUT2D eigenvalue weighted by Gasteiger charge is -2.21. The number of fused-ring (bicyclic) bond motifs is 1. The molecule has 2 unspecified atom stereocenters. The molecule has 0 saturated carbocycles. The van der Waals surface area contributed by atoms with Crippen molar-refractivity contribution in [2.75, 3.05) is 7.11 Å². The number of aromatic nitrogens is 3. The van der Waals surface area contributed by atoms with E-state index in [4.69, 9.17) is 4.74 Å². The van der Waals surface area contributed by atoms with Gasteiger partial charge in [0, 0.05) is 30.6 Å². The maximum absolute atomic E-state index is 11.8. The number of methoxy groups -OCH3 is 1. The number of rotatable bonds is 6. The number of carbonyl (C=O) groups is 1. The van der Waals surface area contributed by atoms with Crippen LogP contribution < -0.4 is 5.32 Å². The minimum atomic E-state index is -0.310. The smallest absolute Gasteiger partial charge is 0.323 e. The zero-order valence-corrected chi connectivity index (χ0v) is 13.0. The summed E-state index contributed by atoms with van der Waals surface area (Å²) in [4.78, 5) is 16.2. The van der Waals surface area contributed by atoms with Crippen molar-refractivity contribution in [3.63, 3.8) is 0 Å². The number of aryl methyl sites for hydroxylation is 1. The first-order chi connectivity index (χ1) is 10.0. The average Bonchev–Trinajstić information content (AvgIpc) is 2.85. The van der Waals surface area contributed by atoms with Crippen molar-refractivity contribution in [1.82, 2.24) is 19.9 Å². The van der Waals surface area contributed by atoms with Gasteiger partial charge in [0.2, 0.25) is 0 Å². The molecule has 1 N–H and O–H groups in total. The molecule has 0 radical (unpaired) electrons. The van der Waals surface area contributed by atoms with Gasteiger partial charge in [-0.1, -0.05) is 20.3 Å².